The van der Waals surface area contributed by atoms with E-state index in [1.54, 1.807) is 38.1 Å². The van der Waals surface area contributed by atoms with Gasteiger partial charge in [0.1, 0.15) is 0 Å². The summed E-state index contributed by atoms with van der Waals surface area (Å²) in [5.41, 5.74) is 0.951. The highest BCUT2D eigenvalue weighted by Crippen LogP contribution is 2.22. The number of hydrogen-bond donors (Lipinski definition) is 2. The summed E-state index contributed by atoms with van der Waals surface area (Å²) in [7, 11) is -3.44. The average Bonchev–Trinajstić information content (AvgIpc) is 2.37. The Labute approximate surface area is 120 Å². The van der Waals surface area contributed by atoms with Crippen molar-refractivity contribution >= 4 is 15.7 Å². The largest absolute Gasteiger partial charge is 0.391 e. The highest BCUT2D eigenvalue weighted by molar-refractivity contribution is 7.89. The van der Waals surface area contributed by atoms with Gasteiger partial charge >= 0.3 is 0 Å². The van der Waals surface area contributed by atoms with Crippen LogP contribution in [-0.2, 0) is 10.0 Å². The summed E-state index contributed by atoms with van der Waals surface area (Å²) in [6.07, 6.45) is 1.49. The van der Waals surface area contributed by atoms with Crippen molar-refractivity contribution in [2.75, 3.05) is 18.0 Å². The van der Waals surface area contributed by atoms with Crippen LogP contribution in [0, 0.1) is 0 Å². The predicted molar refractivity (Wildman–Crippen MR) is 79.4 cm³/mol. The number of benzene rings is 1. The second-order valence-electron chi connectivity index (χ2n) is 5.51. The Hall–Kier alpha value is -1.11. The Bertz CT molecular complexity index is 540. The molecule has 0 aromatic heterocycles. The first-order chi connectivity index (χ1) is 9.38. The molecule has 5 nitrogen and oxygen atoms in total. The Morgan fingerprint density at radius 1 is 1.30 bits per heavy atom. The zero-order valence-corrected chi connectivity index (χ0v) is 12.7. The molecule has 0 saturated carbocycles. The smallest absolute Gasteiger partial charge is 0.240 e. The normalized spacial score (nSPS) is 20.4. The number of aliphatic hydroxyl groups is 1. The van der Waals surface area contributed by atoms with Crippen LogP contribution in [0.3, 0.4) is 0 Å². The molecule has 0 amide bonds. The Balaban J connectivity index is 2.14. The monoisotopic (exact) mass is 298 g/mol. The fourth-order valence-electron chi connectivity index (χ4n) is 2.40. The molecular formula is C14H22N2O3S. The van der Waals surface area contributed by atoms with Crippen LogP contribution in [0.2, 0.25) is 0 Å². The van der Waals surface area contributed by atoms with E-state index in [0.717, 1.165) is 25.1 Å². The maximum atomic E-state index is 12.0. The summed E-state index contributed by atoms with van der Waals surface area (Å²) >= 11 is 0. The topological polar surface area (TPSA) is 69.6 Å². The standard InChI is InChI=1S/C14H22N2O3S/c1-11(2)15-20(18,19)14-7-5-12(6-8-14)16-9-3-4-13(17)10-16/h5-8,11,13,15,17H,3-4,9-10H2,1-2H3. The van der Waals surface area contributed by atoms with E-state index in [1.807, 2.05) is 0 Å². The molecule has 1 heterocycles. The molecule has 1 atom stereocenters. The molecule has 0 aliphatic carbocycles. The Kier molecular flexibility index (Phi) is 4.67. The maximum absolute atomic E-state index is 12.0. The van der Waals surface area contributed by atoms with Gasteiger partial charge in [0.05, 0.1) is 11.0 Å². The van der Waals surface area contributed by atoms with Crippen LogP contribution in [0.15, 0.2) is 29.2 Å². The minimum Gasteiger partial charge on any atom is -0.391 e. The zero-order valence-electron chi connectivity index (χ0n) is 11.9. The lowest BCUT2D eigenvalue weighted by Crippen LogP contribution is -2.38. The van der Waals surface area contributed by atoms with Crippen LogP contribution in [0.1, 0.15) is 26.7 Å². The van der Waals surface area contributed by atoms with E-state index < -0.39 is 10.0 Å². The molecule has 20 heavy (non-hydrogen) atoms. The third-order valence-corrected chi connectivity index (χ3v) is 4.97. The summed E-state index contributed by atoms with van der Waals surface area (Å²) < 4.78 is 26.6. The van der Waals surface area contributed by atoms with Gasteiger partial charge in [-0.1, -0.05) is 0 Å². The summed E-state index contributed by atoms with van der Waals surface area (Å²) in [5, 5.41) is 9.68. The molecular weight excluding hydrogens is 276 g/mol. The molecule has 1 unspecified atom stereocenters. The molecule has 1 fully saturated rings. The van der Waals surface area contributed by atoms with Crippen molar-refractivity contribution in [3.8, 4) is 0 Å². The molecule has 1 aromatic carbocycles. The second-order valence-corrected chi connectivity index (χ2v) is 7.23. The molecule has 112 valence electrons. The third-order valence-electron chi connectivity index (χ3n) is 3.30. The minimum atomic E-state index is -3.44. The van der Waals surface area contributed by atoms with Crippen molar-refractivity contribution in [3.63, 3.8) is 0 Å². The first-order valence-corrected chi connectivity index (χ1v) is 8.42. The molecule has 1 aliphatic heterocycles. The van der Waals surface area contributed by atoms with Gasteiger partial charge < -0.3 is 10.0 Å². The van der Waals surface area contributed by atoms with Gasteiger partial charge in [-0.25, -0.2) is 13.1 Å². The molecule has 1 saturated heterocycles. The molecule has 6 heteroatoms. The van der Waals surface area contributed by atoms with E-state index in [2.05, 4.69) is 9.62 Å². The minimum absolute atomic E-state index is 0.128. The van der Waals surface area contributed by atoms with Crippen molar-refractivity contribution in [1.82, 2.24) is 4.72 Å². The van der Waals surface area contributed by atoms with Gasteiger partial charge in [-0.15, -0.1) is 0 Å². The van der Waals surface area contributed by atoms with Gasteiger partial charge in [-0.05, 0) is 51.0 Å². The number of anilines is 1. The van der Waals surface area contributed by atoms with E-state index in [1.165, 1.54) is 0 Å². The van der Waals surface area contributed by atoms with Gasteiger partial charge in [0.2, 0.25) is 10.0 Å². The number of aliphatic hydroxyl groups excluding tert-OH is 1. The maximum Gasteiger partial charge on any atom is 0.240 e. The molecule has 1 aliphatic rings. The van der Waals surface area contributed by atoms with Gasteiger partial charge in [0.25, 0.3) is 0 Å². The molecule has 1 aromatic rings. The van der Waals surface area contributed by atoms with Crippen molar-refractivity contribution in [2.45, 2.75) is 43.7 Å². The van der Waals surface area contributed by atoms with Crippen molar-refractivity contribution < 1.29 is 13.5 Å². The average molecular weight is 298 g/mol. The lowest BCUT2D eigenvalue weighted by molar-refractivity contribution is 0.154. The van der Waals surface area contributed by atoms with E-state index in [4.69, 9.17) is 0 Å². The number of nitrogens with one attached hydrogen (secondary N) is 1. The number of nitrogens with zero attached hydrogens (tertiary/aromatic N) is 1. The highest BCUT2D eigenvalue weighted by Gasteiger charge is 2.19. The van der Waals surface area contributed by atoms with E-state index in [9.17, 15) is 13.5 Å². The quantitative estimate of drug-likeness (QED) is 0.880. The first-order valence-electron chi connectivity index (χ1n) is 6.94. The van der Waals surface area contributed by atoms with Gasteiger partial charge in [-0.3, -0.25) is 0 Å². The lowest BCUT2D eigenvalue weighted by atomic mass is 10.1. The molecule has 0 bridgehead atoms. The van der Waals surface area contributed by atoms with Crippen LogP contribution >= 0.6 is 0 Å². The number of hydrogen-bond acceptors (Lipinski definition) is 4. The molecule has 0 radical (unpaired) electrons. The van der Waals surface area contributed by atoms with Crippen LogP contribution in [0.25, 0.3) is 0 Å². The van der Waals surface area contributed by atoms with E-state index in [-0.39, 0.29) is 17.0 Å². The fourth-order valence-corrected chi connectivity index (χ4v) is 3.65. The zero-order chi connectivity index (χ0) is 14.8. The van der Waals surface area contributed by atoms with Gasteiger partial charge in [0.15, 0.2) is 0 Å². The highest BCUT2D eigenvalue weighted by atomic mass is 32.2. The number of piperidine rings is 1. The number of β-amino-alcohol motifs (C(OH)–C–C–N with tert-alkyl or cyclic N) is 1. The summed E-state index contributed by atoms with van der Waals surface area (Å²) in [5.74, 6) is 0. The number of rotatable bonds is 4. The summed E-state index contributed by atoms with van der Waals surface area (Å²) in [4.78, 5) is 2.35. The fraction of sp³-hybridized carbons (Fsp3) is 0.571. The molecule has 2 rings (SSSR count). The molecule has 2 N–H and O–H groups in total. The van der Waals surface area contributed by atoms with Crippen molar-refractivity contribution in [1.29, 1.82) is 0 Å². The van der Waals surface area contributed by atoms with Crippen molar-refractivity contribution in [3.05, 3.63) is 24.3 Å². The van der Waals surface area contributed by atoms with Crippen LogP contribution in [0.5, 0.6) is 0 Å². The summed E-state index contributed by atoms with van der Waals surface area (Å²) in [6.45, 7) is 5.09. The first kappa shape index (κ1) is 15.3. The predicted octanol–water partition coefficient (Wildman–Crippen LogP) is 1.33. The number of sulfonamides is 1. The SMILES string of the molecule is CC(C)NS(=O)(=O)c1ccc(N2CCCC(O)C2)cc1. The van der Waals surface area contributed by atoms with Crippen LogP contribution < -0.4 is 9.62 Å². The Morgan fingerprint density at radius 2 is 1.95 bits per heavy atom. The van der Waals surface area contributed by atoms with E-state index in [0.29, 0.717) is 6.54 Å². The van der Waals surface area contributed by atoms with Crippen molar-refractivity contribution in [2.24, 2.45) is 0 Å². The van der Waals surface area contributed by atoms with Gasteiger partial charge in [0, 0.05) is 24.8 Å². The second kappa shape index (κ2) is 6.11. The van der Waals surface area contributed by atoms with E-state index >= 15 is 0 Å². The Morgan fingerprint density at radius 3 is 2.50 bits per heavy atom. The lowest BCUT2D eigenvalue weighted by Gasteiger charge is -2.32. The van der Waals surface area contributed by atoms with Crippen LogP contribution in [-0.4, -0.2) is 38.8 Å². The van der Waals surface area contributed by atoms with Gasteiger partial charge in [-0.2, -0.15) is 0 Å². The summed E-state index contributed by atoms with van der Waals surface area (Å²) in [6, 6.07) is 6.69. The third kappa shape index (κ3) is 3.71. The molecule has 0 spiro atoms. The van der Waals surface area contributed by atoms with Crippen LogP contribution in [0.4, 0.5) is 5.69 Å².